The lowest BCUT2D eigenvalue weighted by Gasteiger charge is -2.33. The van der Waals surface area contributed by atoms with E-state index >= 15 is 0 Å². The molecular formula is C23H25N3O3S. The summed E-state index contributed by atoms with van der Waals surface area (Å²) in [5.74, 6) is -0.194. The van der Waals surface area contributed by atoms with Crippen molar-refractivity contribution < 1.29 is 14.4 Å². The summed E-state index contributed by atoms with van der Waals surface area (Å²) >= 11 is 0.938. The molecule has 3 heterocycles. The van der Waals surface area contributed by atoms with Crippen LogP contribution in [0.15, 0.2) is 48.0 Å². The zero-order chi connectivity index (χ0) is 21.3. The number of benzene rings is 1. The monoisotopic (exact) mass is 423 g/mol. The number of para-hydroxylation sites is 1. The molecule has 4 rings (SSSR count). The van der Waals surface area contributed by atoms with Crippen LogP contribution in [0.2, 0.25) is 0 Å². The molecule has 0 radical (unpaired) electrons. The number of piperidine rings is 1. The van der Waals surface area contributed by atoms with Crippen molar-refractivity contribution in [1.82, 2.24) is 14.4 Å². The molecule has 2 fully saturated rings. The van der Waals surface area contributed by atoms with Crippen molar-refractivity contribution in [1.29, 1.82) is 0 Å². The lowest BCUT2D eigenvalue weighted by atomic mass is 10.0. The Morgan fingerprint density at radius 1 is 1.27 bits per heavy atom. The van der Waals surface area contributed by atoms with E-state index in [0.29, 0.717) is 4.91 Å². The summed E-state index contributed by atoms with van der Waals surface area (Å²) < 4.78 is 1.94. The van der Waals surface area contributed by atoms with Gasteiger partial charge in [0.25, 0.3) is 11.1 Å². The highest BCUT2D eigenvalue weighted by Crippen LogP contribution is 2.34. The van der Waals surface area contributed by atoms with Gasteiger partial charge in [0, 0.05) is 41.8 Å². The van der Waals surface area contributed by atoms with E-state index in [1.165, 1.54) is 11.3 Å². The maximum absolute atomic E-state index is 13.0. The number of imide groups is 1. The first-order valence-electron chi connectivity index (χ1n) is 10.2. The third-order valence-corrected chi connectivity index (χ3v) is 6.63. The second-order valence-corrected chi connectivity index (χ2v) is 8.74. The van der Waals surface area contributed by atoms with Gasteiger partial charge in [-0.1, -0.05) is 24.3 Å². The molecule has 0 unspecified atom stereocenters. The first-order valence-corrected chi connectivity index (χ1v) is 11.0. The van der Waals surface area contributed by atoms with Gasteiger partial charge >= 0.3 is 0 Å². The van der Waals surface area contributed by atoms with Gasteiger partial charge in [-0.25, -0.2) is 0 Å². The van der Waals surface area contributed by atoms with Crippen LogP contribution in [0.5, 0.6) is 0 Å². The topological polar surface area (TPSA) is 62.6 Å². The number of hydrogen-bond acceptors (Lipinski definition) is 4. The SMILES string of the molecule is C=CCN1C(=O)S/C(=C\c2cn(CC(=O)N3CCCC[C@H]3C)c3ccccc23)C1=O. The highest BCUT2D eigenvalue weighted by atomic mass is 32.2. The summed E-state index contributed by atoms with van der Waals surface area (Å²) in [5.41, 5.74) is 1.77. The normalized spacial score (nSPS) is 21.1. The Bertz CT molecular complexity index is 1060. The molecule has 2 aliphatic rings. The zero-order valence-electron chi connectivity index (χ0n) is 17.0. The van der Waals surface area contributed by atoms with Gasteiger partial charge in [-0.05, 0) is 50.1 Å². The summed E-state index contributed by atoms with van der Waals surface area (Å²) in [6, 6.07) is 8.09. The molecule has 6 nitrogen and oxygen atoms in total. The third-order valence-electron chi connectivity index (χ3n) is 5.72. The standard InChI is InChI=1S/C23H25N3O3S/c1-3-11-26-22(28)20(30-23(26)29)13-17-14-24(19-10-5-4-9-18(17)19)15-21(27)25-12-7-6-8-16(25)2/h3-5,9-10,13-14,16H,1,6-8,11-12,15H2,2H3/b20-13-/t16-/m1/s1. The third kappa shape index (κ3) is 3.81. The number of likely N-dealkylation sites (tertiary alicyclic amines) is 1. The van der Waals surface area contributed by atoms with Gasteiger partial charge in [-0.15, -0.1) is 6.58 Å². The van der Waals surface area contributed by atoms with Crippen LogP contribution in [0.3, 0.4) is 0 Å². The van der Waals surface area contributed by atoms with Crippen LogP contribution in [0.1, 0.15) is 31.7 Å². The van der Waals surface area contributed by atoms with E-state index in [2.05, 4.69) is 13.5 Å². The predicted octanol–water partition coefficient (Wildman–Crippen LogP) is 4.26. The first-order chi connectivity index (χ1) is 14.5. The summed E-state index contributed by atoms with van der Waals surface area (Å²) in [7, 11) is 0. The van der Waals surface area contributed by atoms with E-state index < -0.39 is 0 Å². The van der Waals surface area contributed by atoms with Gasteiger partial charge in [0.05, 0.1) is 4.91 Å². The molecule has 0 bridgehead atoms. The van der Waals surface area contributed by atoms with Crippen LogP contribution in [-0.2, 0) is 16.1 Å². The van der Waals surface area contributed by atoms with Crippen LogP contribution in [-0.4, -0.2) is 50.6 Å². The fourth-order valence-corrected chi connectivity index (χ4v) is 4.99. The van der Waals surface area contributed by atoms with Crippen molar-refractivity contribution in [2.75, 3.05) is 13.1 Å². The molecule has 0 spiro atoms. The number of hydrogen-bond donors (Lipinski definition) is 0. The van der Waals surface area contributed by atoms with Gasteiger partial charge in [-0.2, -0.15) is 0 Å². The van der Waals surface area contributed by atoms with E-state index in [1.54, 1.807) is 12.2 Å². The minimum absolute atomic E-state index is 0.112. The first kappa shape index (κ1) is 20.5. The maximum Gasteiger partial charge on any atom is 0.293 e. The average Bonchev–Trinajstić information content (AvgIpc) is 3.21. The molecule has 156 valence electrons. The van der Waals surface area contributed by atoms with Crippen molar-refractivity contribution in [3.8, 4) is 0 Å². The Morgan fingerprint density at radius 3 is 2.83 bits per heavy atom. The summed E-state index contributed by atoms with van der Waals surface area (Å²) in [4.78, 5) is 41.2. The van der Waals surface area contributed by atoms with Crippen LogP contribution >= 0.6 is 11.8 Å². The van der Waals surface area contributed by atoms with E-state index in [1.807, 2.05) is 39.9 Å². The van der Waals surface area contributed by atoms with Crippen LogP contribution in [0, 0.1) is 0 Å². The minimum Gasteiger partial charge on any atom is -0.338 e. The molecule has 2 aromatic rings. The van der Waals surface area contributed by atoms with Crippen molar-refractivity contribution in [2.24, 2.45) is 0 Å². The molecule has 1 atom stereocenters. The number of amides is 3. The molecule has 1 aromatic carbocycles. The number of rotatable bonds is 5. The largest absolute Gasteiger partial charge is 0.338 e. The second-order valence-electron chi connectivity index (χ2n) is 7.74. The van der Waals surface area contributed by atoms with Crippen LogP contribution < -0.4 is 0 Å². The van der Waals surface area contributed by atoms with Gasteiger partial charge < -0.3 is 9.47 Å². The lowest BCUT2D eigenvalue weighted by Crippen LogP contribution is -2.43. The van der Waals surface area contributed by atoms with E-state index in [4.69, 9.17) is 0 Å². The number of carbonyl (C=O) groups is 3. The Labute approximate surface area is 180 Å². The van der Waals surface area contributed by atoms with E-state index in [-0.39, 0.29) is 36.2 Å². The summed E-state index contributed by atoms with van der Waals surface area (Å²) in [6.45, 7) is 6.98. The molecule has 3 amide bonds. The Hall–Kier alpha value is -2.80. The Kier molecular flexibility index (Phi) is 5.81. The van der Waals surface area contributed by atoms with E-state index in [9.17, 15) is 14.4 Å². The molecule has 7 heteroatoms. The van der Waals surface area contributed by atoms with Crippen LogP contribution in [0.25, 0.3) is 17.0 Å². The van der Waals surface area contributed by atoms with Crippen molar-refractivity contribution in [3.05, 3.63) is 53.6 Å². The quantitative estimate of drug-likeness (QED) is 0.532. The van der Waals surface area contributed by atoms with Crippen molar-refractivity contribution in [3.63, 3.8) is 0 Å². The van der Waals surface area contributed by atoms with Gasteiger partial charge in [-0.3, -0.25) is 19.3 Å². The van der Waals surface area contributed by atoms with Crippen LogP contribution in [0.4, 0.5) is 4.79 Å². The predicted molar refractivity (Wildman–Crippen MR) is 120 cm³/mol. The smallest absolute Gasteiger partial charge is 0.293 e. The minimum atomic E-state index is -0.306. The number of aromatic nitrogens is 1. The fourth-order valence-electron chi connectivity index (χ4n) is 4.15. The van der Waals surface area contributed by atoms with Crippen molar-refractivity contribution >= 4 is 45.8 Å². The fraction of sp³-hybridized carbons (Fsp3) is 0.348. The van der Waals surface area contributed by atoms with Gasteiger partial charge in [0.2, 0.25) is 5.91 Å². The summed E-state index contributed by atoms with van der Waals surface area (Å²) in [5, 5.41) is 0.664. The van der Waals surface area contributed by atoms with Gasteiger partial charge in [0.1, 0.15) is 6.54 Å². The Morgan fingerprint density at radius 2 is 2.07 bits per heavy atom. The van der Waals surface area contributed by atoms with Gasteiger partial charge in [0.15, 0.2) is 0 Å². The number of fused-ring (bicyclic) bond motifs is 1. The summed E-state index contributed by atoms with van der Waals surface area (Å²) in [6.07, 6.45) is 8.46. The molecule has 0 N–H and O–H groups in total. The molecule has 0 aliphatic carbocycles. The highest BCUT2D eigenvalue weighted by Gasteiger charge is 2.34. The molecule has 1 aromatic heterocycles. The zero-order valence-corrected chi connectivity index (χ0v) is 17.9. The average molecular weight is 424 g/mol. The molecule has 30 heavy (non-hydrogen) atoms. The molecule has 2 saturated heterocycles. The number of thioether (sulfide) groups is 1. The maximum atomic E-state index is 13.0. The molecule has 2 aliphatic heterocycles. The number of carbonyl (C=O) groups excluding carboxylic acids is 3. The second kappa shape index (κ2) is 8.52. The number of nitrogens with zero attached hydrogens (tertiary/aromatic N) is 3. The molecular weight excluding hydrogens is 398 g/mol. The van der Waals surface area contributed by atoms with E-state index in [0.717, 1.165) is 47.6 Å². The lowest BCUT2D eigenvalue weighted by molar-refractivity contribution is -0.135. The van der Waals surface area contributed by atoms with Crippen molar-refractivity contribution in [2.45, 2.75) is 38.8 Å². The highest BCUT2D eigenvalue weighted by molar-refractivity contribution is 8.18. The molecule has 0 saturated carbocycles. The Balaban J connectivity index is 1.65.